The average molecular weight is 266 g/mol. The lowest BCUT2D eigenvalue weighted by atomic mass is 10.1. The van der Waals surface area contributed by atoms with Crippen LogP contribution in [0.15, 0.2) is 18.3 Å². The van der Waals surface area contributed by atoms with Gasteiger partial charge >= 0.3 is 12.1 Å². The standard InChI is InChI=1S/C13H18N2O4/c1-13(2,3)19-12(18)15-8-7-14-6-4-5-9(14)10(15)11(16)17/h4-6,10H,7-8H2,1-3H3,(H,16,17)/t10-/m0/s1. The minimum atomic E-state index is -1.05. The lowest BCUT2D eigenvalue weighted by Crippen LogP contribution is -2.47. The van der Waals surface area contributed by atoms with E-state index < -0.39 is 23.7 Å². The predicted octanol–water partition coefficient (Wildman–Crippen LogP) is 1.86. The molecule has 0 unspecified atom stereocenters. The van der Waals surface area contributed by atoms with E-state index in [0.29, 0.717) is 18.8 Å². The van der Waals surface area contributed by atoms with Gasteiger partial charge in [-0.3, -0.25) is 4.90 Å². The molecule has 0 spiro atoms. The molecule has 0 aromatic carbocycles. The second kappa shape index (κ2) is 4.60. The Labute approximate surface area is 111 Å². The molecule has 0 saturated carbocycles. The number of hydrogen-bond acceptors (Lipinski definition) is 3. The highest BCUT2D eigenvalue weighted by Gasteiger charge is 2.38. The van der Waals surface area contributed by atoms with Gasteiger partial charge in [-0.1, -0.05) is 0 Å². The maximum Gasteiger partial charge on any atom is 0.411 e. The summed E-state index contributed by atoms with van der Waals surface area (Å²) in [4.78, 5) is 24.8. The lowest BCUT2D eigenvalue weighted by molar-refractivity contribution is -0.144. The Balaban J connectivity index is 2.27. The number of aliphatic carboxylic acids is 1. The zero-order valence-corrected chi connectivity index (χ0v) is 11.3. The minimum Gasteiger partial charge on any atom is -0.479 e. The third kappa shape index (κ3) is 2.72. The first-order chi connectivity index (χ1) is 8.79. The molecule has 0 fully saturated rings. The highest BCUT2D eigenvalue weighted by atomic mass is 16.6. The van der Waals surface area contributed by atoms with Crippen LogP contribution in [-0.4, -0.2) is 38.8 Å². The van der Waals surface area contributed by atoms with Crippen LogP contribution >= 0.6 is 0 Å². The fourth-order valence-corrected chi connectivity index (χ4v) is 2.16. The molecule has 1 amide bonds. The first-order valence-electron chi connectivity index (χ1n) is 6.17. The van der Waals surface area contributed by atoms with E-state index in [4.69, 9.17) is 4.74 Å². The molecule has 19 heavy (non-hydrogen) atoms. The molecule has 0 bridgehead atoms. The van der Waals surface area contributed by atoms with Crippen LogP contribution in [0.1, 0.15) is 32.5 Å². The number of carbonyl (C=O) groups is 2. The van der Waals surface area contributed by atoms with Crippen molar-refractivity contribution >= 4 is 12.1 Å². The lowest BCUT2D eigenvalue weighted by Gasteiger charge is -2.35. The number of nitrogens with zero attached hydrogens (tertiary/aromatic N) is 2. The molecule has 2 heterocycles. The molecule has 1 aliphatic rings. The van der Waals surface area contributed by atoms with Gasteiger partial charge in [-0.15, -0.1) is 0 Å². The molecule has 6 heteroatoms. The zero-order chi connectivity index (χ0) is 14.2. The Morgan fingerprint density at radius 1 is 1.37 bits per heavy atom. The molecular weight excluding hydrogens is 248 g/mol. The molecule has 0 radical (unpaired) electrons. The third-order valence-electron chi connectivity index (χ3n) is 2.90. The van der Waals surface area contributed by atoms with Crippen LogP contribution in [0.2, 0.25) is 0 Å². The fourth-order valence-electron chi connectivity index (χ4n) is 2.16. The molecule has 0 saturated heterocycles. The van der Waals surface area contributed by atoms with E-state index in [1.54, 1.807) is 32.9 Å². The SMILES string of the molecule is CC(C)(C)OC(=O)N1CCn2cccc2[C@H]1C(=O)O. The summed E-state index contributed by atoms with van der Waals surface area (Å²) in [6.07, 6.45) is 1.23. The molecule has 1 N–H and O–H groups in total. The average Bonchev–Trinajstić information content (AvgIpc) is 2.72. The van der Waals surface area contributed by atoms with Crippen molar-refractivity contribution in [3.05, 3.63) is 24.0 Å². The van der Waals surface area contributed by atoms with E-state index in [1.807, 2.05) is 10.8 Å². The van der Waals surface area contributed by atoms with Crippen molar-refractivity contribution in [3.8, 4) is 0 Å². The fraction of sp³-hybridized carbons (Fsp3) is 0.538. The molecule has 1 aromatic heterocycles. The number of aromatic nitrogens is 1. The maximum atomic E-state index is 12.1. The Hall–Kier alpha value is -1.98. The van der Waals surface area contributed by atoms with E-state index in [1.165, 1.54) is 4.90 Å². The number of amides is 1. The monoisotopic (exact) mass is 266 g/mol. The summed E-state index contributed by atoms with van der Waals surface area (Å²) in [6.45, 7) is 6.17. The molecule has 1 aliphatic heterocycles. The first kappa shape index (κ1) is 13.5. The molecule has 104 valence electrons. The van der Waals surface area contributed by atoms with Crippen molar-refractivity contribution in [1.29, 1.82) is 0 Å². The van der Waals surface area contributed by atoms with Crippen molar-refractivity contribution in [2.45, 2.75) is 39.0 Å². The summed E-state index contributed by atoms with van der Waals surface area (Å²) in [5.74, 6) is -1.05. The summed E-state index contributed by atoms with van der Waals surface area (Å²) in [7, 11) is 0. The van der Waals surface area contributed by atoms with Gasteiger partial charge < -0.3 is 14.4 Å². The summed E-state index contributed by atoms with van der Waals surface area (Å²) >= 11 is 0. The molecular formula is C13H18N2O4. The van der Waals surface area contributed by atoms with Crippen LogP contribution < -0.4 is 0 Å². The van der Waals surface area contributed by atoms with Crippen molar-refractivity contribution in [3.63, 3.8) is 0 Å². The summed E-state index contributed by atoms with van der Waals surface area (Å²) < 4.78 is 7.11. The number of hydrogen-bond donors (Lipinski definition) is 1. The van der Waals surface area contributed by atoms with Crippen LogP contribution in [0.4, 0.5) is 4.79 Å². The van der Waals surface area contributed by atoms with Gasteiger partial charge in [0.15, 0.2) is 6.04 Å². The minimum absolute atomic E-state index is 0.327. The van der Waals surface area contributed by atoms with Gasteiger partial charge in [0.25, 0.3) is 0 Å². The molecule has 1 aromatic rings. The number of ether oxygens (including phenoxy) is 1. The number of carbonyl (C=O) groups excluding carboxylic acids is 1. The Kier molecular flexibility index (Phi) is 3.26. The molecule has 1 atom stereocenters. The smallest absolute Gasteiger partial charge is 0.411 e. The van der Waals surface area contributed by atoms with Gasteiger partial charge in [-0.25, -0.2) is 9.59 Å². The van der Waals surface area contributed by atoms with E-state index >= 15 is 0 Å². The van der Waals surface area contributed by atoms with Crippen LogP contribution in [0.3, 0.4) is 0 Å². The third-order valence-corrected chi connectivity index (χ3v) is 2.90. The van der Waals surface area contributed by atoms with Crippen LogP contribution in [-0.2, 0) is 16.1 Å². The van der Waals surface area contributed by atoms with Gasteiger partial charge in [0, 0.05) is 19.3 Å². The second-order valence-corrected chi connectivity index (χ2v) is 5.54. The van der Waals surface area contributed by atoms with Gasteiger partial charge in [0.2, 0.25) is 0 Å². The van der Waals surface area contributed by atoms with Gasteiger partial charge in [0.05, 0.1) is 5.69 Å². The highest BCUT2D eigenvalue weighted by Crippen LogP contribution is 2.27. The maximum absolute atomic E-state index is 12.1. The van der Waals surface area contributed by atoms with Gasteiger partial charge in [-0.05, 0) is 32.9 Å². The van der Waals surface area contributed by atoms with Gasteiger partial charge in [0.1, 0.15) is 5.60 Å². The summed E-state index contributed by atoms with van der Waals surface area (Å²) in [6, 6.07) is 2.51. The van der Waals surface area contributed by atoms with Crippen LogP contribution in [0, 0.1) is 0 Å². The molecule has 0 aliphatic carbocycles. The second-order valence-electron chi connectivity index (χ2n) is 5.54. The van der Waals surface area contributed by atoms with Gasteiger partial charge in [-0.2, -0.15) is 0 Å². The predicted molar refractivity (Wildman–Crippen MR) is 67.7 cm³/mol. The van der Waals surface area contributed by atoms with Crippen molar-refractivity contribution < 1.29 is 19.4 Å². The number of carboxylic acid groups (broad SMARTS) is 1. The summed E-state index contributed by atoms with van der Waals surface area (Å²) in [5, 5.41) is 9.36. The van der Waals surface area contributed by atoms with Crippen molar-refractivity contribution in [1.82, 2.24) is 9.47 Å². The Morgan fingerprint density at radius 2 is 2.05 bits per heavy atom. The van der Waals surface area contributed by atoms with E-state index in [0.717, 1.165) is 0 Å². The molecule has 6 nitrogen and oxygen atoms in total. The zero-order valence-electron chi connectivity index (χ0n) is 11.3. The number of fused-ring (bicyclic) bond motifs is 1. The Morgan fingerprint density at radius 3 is 2.63 bits per heavy atom. The Bertz CT molecular complexity index is 501. The normalized spacial score (nSPS) is 18.9. The van der Waals surface area contributed by atoms with E-state index in [9.17, 15) is 14.7 Å². The van der Waals surface area contributed by atoms with Crippen LogP contribution in [0.25, 0.3) is 0 Å². The van der Waals surface area contributed by atoms with Crippen molar-refractivity contribution in [2.24, 2.45) is 0 Å². The number of carboxylic acids is 1. The number of rotatable bonds is 1. The largest absolute Gasteiger partial charge is 0.479 e. The van der Waals surface area contributed by atoms with E-state index in [-0.39, 0.29) is 0 Å². The highest BCUT2D eigenvalue weighted by molar-refractivity contribution is 5.81. The summed E-state index contributed by atoms with van der Waals surface area (Å²) in [5.41, 5.74) is -0.0378. The topological polar surface area (TPSA) is 71.8 Å². The quantitative estimate of drug-likeness (QED) is 0.842. The van der Waals surface area contributed by atoms with Crippen molar-refractivity contribution in [2.75, 3.05) is 6.54 Å². The molecule has 2 rings (SSSR count). The first-order valence-corrected chi connectivity index (χ1v) is 6.17. The van der Waals surface area contributed by atoms with Crippen LogP contribution in [0.5, 0.6) is 0 Å². The van der Waals surface area contributed by atoms with E-state index in [2.05, 4.69) is 0 Å².